The fourth-order valence-electron chi connectivity index (χ4n) is 2.54. The molecule has 1 aromatic heterocycles. The highest BCUT2D eigenvalue weighted by atomic mass is 16.2. The Morgan fingerprint density at radius 1 is 0.815 bits per heavy atom. The predicted molar refractivity (Wildman–Crippen MR) is 107 cm³/mol. The number of hydrogen-bond donors (Lipinski definition) is 2. The van der Waals surface area contributed by atoms with Gasteiger partial charge in [0.15, 0.2) is 0 Å². The van der Waals surface area contributed by atoms with Crippen molar-refractivity contribution in [3.05, 3.63) is 96.3 Å². The van der Waals surface area contributed by atoms with Gasteiger partial charge in [-0.25, -0.2) is 0 Å². The normalized spacial score (nSPS) is 10.9. The van der Waals surface area contributed by atoms with Gasteiger partial charge in [-0.3, -0.25) is 14.6 Å². The minimum atomic E-state index is -0.235. The van der Waals surface area contributed by atoms with E-state index in [1.54, 1.807) is 54.9 Å². The molecule has 0 spiro atoms. The van der Waals surface area contributed by atoms with Crippen LogP contribution >= 0.6 is 0 Å². The minimum Gasteiger partial charge on any atom is -0.322 e. The van der Waals surface area contributed by atoms with Crippen LogP contribution in [0.2, 0.25) is 0 Å². The van der Waals surface area contributed by atoms with E-state index in [9.17, 15) is 9.59 Å². The molecule has 5 nitrogen and oxygen atoms in total. The van der Waals surface area contributed by atoms with Gasteiger partial charge in [0.1, 0.15) is 0 Å². The second-order valence-electron chi connectivity index (χ2n) is 5.95. The smallest absolute Gasteiger partial charge is 0.255 e. The average Bonchev–Trinajstić information content (AvgIpc) is 2.69. The molecular weight excluding hydrogens is 338 g/mol. The first kappa shape index (κ1) is 18.1. The zero-order chi connectivity index (χ0) is 19.1. The van der Waals surface area contributed by atoms with Crippen molar-refractivity contribution in [1.82, 2.24) is 4.98 Å². The van der Waals surface area contributed by atoms with Crippen LogP contribution < -0.4 is 10.6 Å². The Balaban J connectivity index is 1.67. The van der Waals surface area contributed by atoms with Gasteiger partial charge in [-0.1, -0.05) is 36.4 Å². The van der Waals surface area contributed by atoms with Crippen LogP contribution in [0.3, 0.4) is 0 Å². The van der Waals surface area contributed by atoms with Gasteiger partial charge < -0.3 is 10.6 Å². The van der Waals surface area contributed by atoms with E-state index in [0.29, 0.717) is 16.9 Å². The molecule has 3 aromatic rings. The number of amides is 2. The number of carbonyl (C=O) groups is 2. The van der Waals surface area contributed by atoms with E-state index in [2.05, 4.69) is 15.6 Å². The Morgan fingerprint density at radius 2 is 1.48 bits per heavy atom. The monoisotopic (exact) mass is 357 g/mol. The highest BCUT2D eigenvalue weighted by Gasteiger charge is 2.07. The lowest BCUT2D eigenvalue weighted by Crippen LogP contribution is -2.13. The Morgan fingerprint density at radius 3 is 2.19 bits per heavy atom. The van der Waals surface area contributed by atoms with Crippen LogP contribution in [0, 0.1) is 0 Å². The number of benzene rings is 2. The van der Waals surface area contributed by atoms with Crippen LogP contribution in [0.25, 0.3) is 5.57 Å². The molecular formula is C22H19N3O2. The Bertz CT molecular complexity index is 967. The van der Waals surface area contributed by atoms with Crippen LogP contribution in [0.5, 0.6) is 0 Å². The van der Waals surface area contributed by atoms with Crippen molar-refractivity contribution in [3.8, 4) is 0 Å². The summed E-state index contributed by atoms with van der Waals surface area (Å²) in [4.78, 5) is 28.4. The number of aromatic nitrogens is 1. The van der Waals surface area contributed by atoms with Crippen molar-refractivity contribution < 1.29 is 9.59 Å². The maximum absolute atomic E-state index is 12.3. The molecule has 2 aromatic carbocycles. The van der Waals surface area contributed by atoms with Gasteiger partial charge >= 0.3 is 0 Å². The van der Waals surface area contributed by atoms with E-state index >= 15 is 0 Å². The molecule has 2 amide bonds. The van der Waals surface area contributed by atoms with Crippen molar-refractivity contribution in [3.63, 3.8) is 0 Å². The lowest BCUT2D eigenvalue weighted by molar-refractivity contribution is -0.111. The van der Waals surface area contributed by atoms with Gasteiger partial charge in [-0.15, -0.1) is 0 Å². The molecule has 0 aliphatic heterocycles. The molecule has 0 bridgehead atoms. The van der Waals surface area contributed by atoms with Gasteiger partial charge in [0.05, 0.1) is 0 Å². The first-order chi connectivity index (χ1) is 13.1. The SMILES string of the molecule is C/C(=C\C(=O)Nc1cccc(NC(=O)c2ccncc2)c1)c1ccccc1. The number of anilines is 2. The number of hydrogen-bond acceptors (Lipinski definition) is 3. The van der Waals surface area contributed by atoms with Crippen LogP contribution in [0.4, 0.5) is 11.4 Å². The van der Waals surface area contributed by atoms with Gasteiger partial charge in [0, 0.05) is 35.4 Å². The molecule has 0 unspecified atom stereocenters. The topological polar surface area (TPSA) is 71.1 Å². The maximum atomic E-state index is 12.3. The zero-order valence-electron chi connectivity index (χ0n) is 14.8. The maximum Gasteiger partial charge on any atom is 0.255 e. The molecule has 0 aliphatic rings. The first-order valence-electron chi connectivity index (χ1n) is 8.48. The molecule has 27 heavy (non-hydrogen) atoms. The van der Waals surface area contributed by atoms with Crippen LogP contribution in [0.1, 0.15) is 22.8 Å². The van der Waals surface area contributed by atoms with Crippen molar-refractivity contribution >= 4 is 28.8 Å². The summed E-state index contributed by atoms with van der Waals surface area (Å²) in [6.45, 7) is 1.89. The molecule has 0 radical (unpaired) electrons. The van der Waals surface area contributed by atoms with E-state index in [0.717, 1.165) is 11.1 Å². The highest BCUT2D eigenvalue weighted by molar-refractivity contribution is 6.06. The average molecular weight is 357 g/mol. The molecule has 0 saturated heterocycles. The zero-order valence-corrected chi connectivity index (χ0v) is 14.8. The lowest BCUT2D eigenvalue weighted by Gasteiger charge is -2.08. The molecule has 0 fully saturated rings. The summed E-state index contributed by atoms with van der Waals surface area (Å²) in [6, 6.07) is 20.0. The summed E-state index contributed by atoms with van der Waals surface area (Å²) < 4.78 is 0. The van der Waals surface area contributed by atoms with Gasteiger partial charge in [-0.2, -0.15) is 0 Å². The van der Waals surface area contributed by atoms with Crippen molar-refractivity contribution in [2.24, 2.45) is 0 Å². The van der Waals surface area contributed by atoms with Crippen LogP contribution in [0.15, 0.2) is 85.2 Å². The fourth-order valence-corrected chi connectivity index (χ4v) is 2.54. The summed E-state index contributed by atoms with van der Waals surface area (Å²) in [5.41, 5.74) is 3.57. The van der Waals surface area contributed by atoms with Crippen LogP contribution in [-0.4, -0.2) is 16.8 Å². The van der Waals surface area contributed by atoms with Crippen molar-refractivity contribution in [2.45, 2.75) is 6.92 Å². The molecule has 5 heteroatoms. The summed E-state index contributed by atoms with van der Waals surface area (Å²) in [6.07, 6.45) is 4.68. The largest absolute Gasteiger partial charge is 0.322 e. The summed E-state index contributed by atoms with van der Waals surface area (Å²) in [7, 11) is 0. The van der Waals surface area contributed by atoms with E-state index in [-0.39, 0.29) is 11.8 Å². The van der Waals surface area contributed by atoms with Gasteiger partial charge in [-0.05, 0) is 48.4 Å². The highest BCUT2D eigenvalue weighted by Crippen LogP contribution is 2.17. The number of allylic oxidation sites excluding steroid dienone is 1. The predicted octanol–water partition coefficient (Wildman–Crippen LogP) is 4.38. The molecule has 1 heterocycles. The second-order valence-corrected chi connectivity index (χ2v) is 5.95. The fraction of sp³-hybridized carbons (Fsp3) is 0.0455. The third kappa shape index (κ3) is 5.12. The summed E-state index contributed by atoms with van der Waals surface area (Å²) in [5.74, 6) is -0.463. The third-order valence-corrected chi connectivity index (χ3v) is 3.91. The van der Waals surface area contributed by atoms with Crippen LogP contribution in [-0.2, 0) is 4.79 Å². The lowest BCUT2D eigenvalue weighted by atomic mass is 10.1. The van der Waals surface area contributed by atoms with E-state index < -0.39 is 0 Å². The Hall–Kier alpha value is -3.73. The molecule has 2 N–H and O–H groups in total. The third-order valence-electron chi connectivity index (χ3n) is 3.91. The standard InChI is InChI=1S/C22H19N3O2/c1-16(17-6-3-2-4-7-17)14-21(26)24-19-8-5-9-20(15-19)25-22(27)18-10-12-23-13-11-18/h2-15H,1H3,(H,24,26)(H,25,27)/b16-14+. The first-order valence-corrected chi connectivity index (χ1v) is 8.48. The molecule has 134 valence electrons. The number of nitrogens with zero attached hydrogens (tertiary/aromatic N) is 1. The molecule has 0 saturated carbocycles. The van der Waals surface area contributed by atoms with Gasteiger partial charge in [0.25, 0.3) is 5.91 Å². The number of rotatable bonds is 5. The Kier molecular flexibility index (Phi) is 5.74. The van der Waals surface area contributed by atoms with Crippen molar-refractivity contribution in [2.75, 3.05) is 10.6 Å². The molecule has 0 aliphatic carbocycles. The van der Waals surface area contributed by atoms with E-state index in [4.69, 9.17) is 0 Å². The molecule has 0 atom stereocenters. The number of carbonyl (C=O) groups excluding carboxylic acids is 2. The Labute approximate surface area is 157 Å². The van der Waals surface area contributed by atoms with E-state index in [1.165, 1.54) is 0 Å². The minimum absolute atomic E-state index is 0.228. The van der Waals surface area contributed by atoms with Gasteiger partial charge in [0.2, 0.25) is 5.91 Å². The number of nitrogens with one attached hydrogen (secondary N) is 2. The molecule has 3 rings (SSSR count). The summed E-state index contributed by atoms with van der Waals surface area (Å²) in [5, 5.41) is 5.62. The second kappa shape index (κ2) is 8.58. The number of pyridine rings is 1. The summed E-state index contributed by atoms with van der Waals surface area (Å²) >= 11 is 0. The quantitative estimate of drug-likeness (QED) is 0.666. The van der Waals surface area contributed by atoms with E-state index in [1.807, 2.05) is 37.3 Å². The van der Waals surface area contributed by atoms with Crippen molar-refractivity contribution in [1.29, 1.82) is 0 Å².